The summed E-state index contributed by atoms with van der Waals surface area (Å²) in [4.78, 5) is 20.1. The summed E-state index contributed by atoms with van der Waals surface area (Å²) in [6.07, 6.45) is -2.14. The second-order valence-electron chi connectivity index (χ2n) is 9.27. The van der Waals surface area contributed by atoms with E-state index in [1.54, 1.807) is 4.90 Å². The zero-order valence-corrected chi connectivity index (χ0v) is 19.4. The van der Waals surface area contributed by atoms with Crippen LogP contribution in [0.3, 0.4) is 0 Å². The molecule has 2 aromatic carbocycles. The van der Waals surface area contributed by atoms with Crippen molar-refractivity contribution in [1.29, 1.82) is 0 Å². The van der Waals surface area contributed by atoms with Gasteiger partial charge in [0, 0.05) is 63.5 Å². The van der Waals surface area contributed by atoms with Crippen molar-refractivity contribution in [3.05, 3.63) is 71.3 Å². The molecule has 2 aromatic rings. The molecular weight excluding hydrogens is 441 g/mol. The summed E-state index contributed by atoms with van der Waals surface area (Å²) in [6.45, 7) is 6.05. The standard InChI is InChI=1S/C26H33F3N4O/c27-26(28,29)22-8-4-7-21(18-22)25(34)33-11-9-23(32-15-13-31(12-10-30)14-16-32)19-24(33)17-20-5-2-1-3-6-20/h1-8,18,23-24H,9-17,19,30H2. The molecule has 0 spiro atoms. The minimum Gasteiger partial charge on any atom is -0.335 e. The van der Waals surface area contributed by atoms with Crippen molar-refractivity contribution in [2.75, 3.05) is 45.8 Å². The van der Waals surface area contributed by atoms with Crippen LogP contribution in [-0.2, 0) is 12.6 Å². The molecule has 0 bridgehead atoms. The molecule has 34 heavy (non-hydrogen) atoms. The average molecular weight is 475 g/mol. The molecule has 2 atom stereocenters. The van der Waals surface area contributed by atoms with Gasteiger partial charge >= 0.3 is 6.18 Å². The molecule has 2 unspecified atom stereocenters. The van der Waals surface area contributed by atoms with E-state index in [1.807, 2.05) is 30.3 Å². The summed E-state index contributed by atoms with van der Waals surface area (Å²) in [5, 5.41) is 0. The van der Waals surface area contributed by atoms with Gasteiger partial charge in [-0.1, -0.05) is 36.4 Å². The van der Waals surface area contributed by atoms with Crippen LogP contribution in [0.2, 0.25) is 0 Å². The number of hydrogen-bond acceptors (Lipinski definition) is 4. The maximum Gasteiger partial charge on any atom is 0.416 e. The Kier molecular flexibility index (Phi) is 7.91. The van der Waals surface area contributed by atoms with Gasteiger partial charge in [0.25, 0.3) is 5.91 Å². The van der Waals surface area contributed by atoms with Crippen molar-refractivity contribution in [3.8, 4) is 0 Å². The number of nitrogens with zero attached hydrogens (tertiary/aromatic N) is 3. The van der Waals surface area contributed by atoms with Gasteiger partial charge in [-0.25, -0.2) is 0 Å². The Morgan fingerprint density at radius 2 is 1.71 bits per heavy atom. The highest BCUT2D eigenvalue weighted by Gasteiger charge is 2.36. The normalized spacial score (nSPS) is 22.6. The monoisotopic (exact) mass is 474 g/mol. The molecule has 2 saturated heterocycles. The van der Waals surface area contributed by atoms with E-state index in [4.69, 9.17) is 5.73 Å². The van der Waals surface area contributed by atoms with Crippen LogP contribution in [0.4, 0.5) is 13.2 Å². The lowest BCUT2D eigenvalue weighted by molar-refractivity contribution is -0.137. The van der Waals surface area contributed by atoms with E-state index < -0.39 is 11.7 Å². The summed E-state index contributed by atoms with van der Waals surface area (Å²) in [6, 6.07) is 15.1. The topological polar surface area (TPSA) is 52.8 Å². The zero-order chi connectivity index (χ0) is 24.1. The quantitative estimate of drug-likeness (QED) is 0.697. The van der Waals surface area contributed by atoms with Gasteiger partial charge in [-0.3, -0.25) is 14.6 Å². The first kappa shape index (κ1) is 24.7. The summed E-state index contributed by atoms with van der Waals surface area (Å²) in [5.74, 6) is -0.321. The third-order valence-corrected chi connectivity index (χ3v) is 7.07. The van der Waals surface area contributed by atoms with Gasteiger partial charge in [0.15, 0.2) is 0 Å². The molecule has 0 radical (unpaired) electrons. The highest BCUT2D eigenvalue weighted by Crippen LogP contribution is 2.31. The number of nitrogens with two attached hydrogens (primary N) is 1. The molecule has 184 valence electrons. The smallest absolute Gasteiger partial charge is 0.335 e. The largest absolute Gasteiger partial charge is 0.416 e. The van der Waals surface area contributed by atoms with E-state index in [0.717, 1.165) is 63.3 Å². The predicted octanol–water partition coefficient (Wildman–Crippen LogP) is 3.50. The number of amides is 1. The Labute approximate surface area is 199 Å². The molecule has 5 nitrogen and oxygen atoms in total. The third kappa shape index (κ3) is 5.98. The average Bonchev–Trinajstić information content (AvgIpc) is 2.84. The number of halogens is 3. The Morgan fingerprint density at radius 1 is 0.971 bits per heavy atom. The lowest BCUT2D eigenvalue weighted by Crippen LogP contribution is -2.57. The third-order valence-electron chi connectivity index (χ3n) is 7.07. The fourth-order valence-corrected chi connectivity index (χ4v) is 5.24. The number of carbonyl (C=O) groups is 1. The van der Waals surface area contributed by atoms with E-state index in [2.05, 4.69) is 9.80 Å². The molecule has 2 aliphatic heterocycles. The van der Waals surface area contributed by atoms with E-state index in [9.17, 15) is 18.0 Å². The van der Waals surface area contributed by atoms with Gasteiger partial charge in [-0.2, -0.15) is 13.2 Å². The van der Waals surface area contributed by atoms with Gasteiger partial charge in [-0.05, 0) is 43.0 Å². The maximum absolute atomic E-state index is 13.4. The van der Waals surface area contributed by atoms with Crippen molar-refractivity contribution in [3.63, 3.8) is 0 Å². The van der Waals surface area contributed by atoms with Crippen LogP contribution >= 0.6 is 0 Å². The summed E-state index contributed by atoms with van der Waals surface area (Å²) >= 11 is 0. The second kappa shape index (κ2) is 10.9. The van der Waals surface area contributed by atoms with E-state index in [1.165, 1.54) is 12.1 Å². The molecule has 1 amide bonds. The number of piperazine rings is 1. The molecule has 8 heteroatoms. The van der Waals surface area contributed by atoms with E-state index in [-0.39, 0.29) is 17.5 Å². The highest BCUT2D eigenvalue weighted by molar-refractivity contribution is 5.94. The molecule has 4 rings (SSSR count). The number of benzene rings is 2. The van der Waals surface area contributed by atoms with Crippen molar-refractivity contribution < 1.29 is 18.0 Å². The molecule has 0 saturated carbocycles. The number of hydrogen-bond donors (Lipinski definition) is 1. The fourth-order valence-electron chi connectivity index (χ4n) is 5.24. The Hall–Kier alpha value is -2.42. The van der Waals surface area contributed by atoms with Crippen LogP contribution in [0.15, 0.2) is 54.6 Å². The van der Waals surface area contributed by atoms with Crippen LogP contribution in [0.5, 0.6) is 0 Å². The Morgan fingerprint density at radius 3 is 2.38 bits per heavy atom. The highest BCUT2D eigenvalue weighted by atomic mass is 19.4. The minimum absolute atomic E-state index is 0.0646. The first-order chi connectivity index (χ1) is 16.3. The number of rotatable bonds is 6. The Balaban J connectivity index is 1.51. The van der Waals surface area contributed by atoms with Gasteiger partial charge in [0.2, 0.25) is 0 Å². The number of piperidine rings is 1. The molecule has 2 fully saturated rings. The van der Waals surface area contributed by atoms with E-state index >= 15 is 0 Å². The van der Waals surface area contributed by atoms with Crippen molar-refractivity contribution in [2.24, 2.45) is 5.73 Å². The Bertz CT molecular complexity index is 945. The van der Waals surface area contributed by atoms with Crippen molar-refractivity contribution >= 4 is 5.91 Å². The van der Waals surface area contributed by atoms with Crippen LogP contribution in [0.25, 0.3) is 0 Å². The lowest BCUT2D eigenvalue weighted by Gasteiger charge is -2.46. The summed E-state index contributed by atoms with van der Waals surface area (Å²) in [7, 11) is 0. The first-order valence-corrected chi connectivity index (χ1v) is 12.0. The fraction of sp³-hybridized carbons (Fsp3) is 0.500. The van der Waals surface area contributed by atoms with Crippen LogP contribution in [-0.4, -0.2) is 78.5 Å². The number of alkyl halides is 3. The molecule has 0 aliphatic carbocycles. The van der Waals surface area contributed by atoms with Crippen LogP contribution in [0, 0.1) is 0 Å². The molecule has 0 aromatic heterocycles. The maximum atomic E-state index is 13.4. The van der Waals surface area contributed by atoms with Gasteiger partial charge in [0.05, 0.1) is 5.56 Å². The molecule has 2 aliphatic rings. The number of likely N-dealkylation sites (tertiary alicyclic amines) is 1. The van der Waals surface area contributed by atoms with E-state index in [0.29, 0.717) is 25.6 Å². The molecule has 2 N–H and O–H groups in total. The van der Waals surface area contributed by atoms with Crippen molar-refractivity contribution in [1.82, 2.24) is 14.7 Å². The first-order valence-electron chi connectivity index (χ1n) is 12.0. The lowest BCUT2D eigenvalue weighted by atomic mass is 9.90. The van der Waals surface area contributed by atoms with Crippen LogP contribution < -0.4 is 5.73 Å². The zero-order valence-electron chi connectivity index (χ0n) is 19.4. The summed E-state index contributed by atoms with van der Waals surface area (Å²) < 4.78 is 39.7. The number of carbonyl (C=O) groups excluding carboxylic acids is 1. The minimum atomic E-state index is -4.47. The SMILES string of the molecule is NCCN1CCN(C2CCN(C(=O)c3cccc(C(F)(F)F)c3)C(Cc3ccccc3)C2)CC1. The van der Waals surface area contributed by atoms with Crippen molar-refractivity contribution in [2.45, 2.75) is 37.5 Å². The predicted molar refractivity (Wildman–Crippen MR) is 127 cm³/mol. The molecular formula is C26H33F3N4O. The second-order valence-corrected chi connectivity index (χ2v) is 9.27. The molecule has 2 heterocycles. The van der Waals surface area contributed by atoms with Crippen LogP contribution in [0.1, 0.15) is 34.3 Å². The van der Waals surface area contributed by atoms with Gasteiger partial charge < -0.3 is 10.6 Å². The van der Waals surface area contributed by atoms with Gasteiger partial charge in [0.1, 0.15) is 0 Å². The van der Waals surface area contributed by atoms with Gasteiger partial charge in [-0.15, -0.1) is 0 Å². The summed E-state index contributed by atoms with van der Waals surface area (Å²) in [5.41, 5.74) is 6.14.